The highest BCUT2D eigenvalue weighted by molar-refractivity contribution is 5.88. The van der Waals surface area contributed by atoms with Crippen molar-refractivity contribution in [1.29, 1.82) is 0 Å². The quantitative estimate of drug-likeness (QED) is 0.883. The molecule has 4 heteroatoms. The number of hydrogen-bond acceptors (Lipinski definition) is 3. The van der Waals surface area contributed by atoms with E-state index in [0.29, 0.717) is 25.8 Å². The fraction of sp³-hybridized carbons (Fsp3) is 0.435. The van der Waals surface area contributed by atoms with Gasteiger partial charge < -0.3 is 15.0 Å². The Kier molecular flexibility index (Phi) is 5.44. The van der Waals surface area contributed by atoms with E-state index in [2.05, 4.69) is 46.6 Å². The minimum absolute atomic E-state index is 0.150. The average Bonchev–Trinajstić information content (AvgIpc) is 3.22. The number of amides is 1. The molecule has 142 valence electrons. The van der Waals surface area contributed by atoms with Crippen LogP contribution in [0.3, 0.4) is 0 Å². The van der Waals surface area contributed by atoms with Crippen LogP contribution in [-0.2, 0) is 14.9 Å². The summed E-state index contributed by atoms with van der Waals surface area (Å²) in [6.45, 7) is 3.04. The van der Waals surface area contributed by atoms with Crippen LogP contribution in [0.5, 0.6) is 0 Å². The van der Waals surface area contributed by atoms with Crippen LogP contribution in [0, 0.1) is 0 Å². The van der Waals surface area contributed by atoms with Gasteiger partial charge in [0.2, 0.25) is 5.91 Å². The lowest BCUT2D eigenvalue weighted by molar-refractivity contribution is -0.130. The smallest absolute Gasteiger partial charge is 0.230 e. The zero-order valence-corrected chi connectivity index (χ0v) is 15.8. The maximum absolute atomic E-state index is 13.3. The average molecular weight is 364 g/mol. The van der Waals surface area contributed by atoms with Crippen LogP contribution < -0.4 is 10.2 Å². The first-order valence-corrected chi connectivity index (χ1v) is 10.0. The van der Waals surface area contributed by atoms with Crippen LogP contribution in [0.1, 0.15) is 31.2 Å². The standard InChI is InChI=1S/C23H28N2O2/c26-22(23(13-16-27-17-14-23)19-8-3-1-4-9-19)24-18-21-12-7-15-25(21)20-10-5-2-6-11-20/h1-6,8-11,21H,7,12-18H2,(H,24,26)/t21-/m1/s1. The number of hydrogen-bond donors (Lipinski definition) is 1. The molecule has 4 rings (SSSR count). The van der Waals surface area contributed by atoms with Crippen LogP contribution in [0.25, 0.3) is 0 Å². The monoisotopic (exact) mass is 364 g/mol. The molecule has 0 spiro atoms. The topological polar surface area (TPSA) is 41.6 Å². The molecule has 0 unspecified atom stereocenters. The van der Waals surface area contributed by atoms with E-state index in [9.17, 15) is 4.79 Å². The summed E-state index contributed by atoms with van der Waals surface area (Å²) in [4.78, 5) is 15.8. The lowest BCUT2D eigenvalue weighted by atomic mass is 9.73. The Balaban J connectivity index is 1.47. The number of anilines is 1. The van der Waals surface area contributed by atoms with Crippen molar-refractivity contribution in [3.63, 3.8) is 0 Å². The van der Waals surface area contributed by atoms with Gasteiger partial charge in [-0.2, -0.15) is 0 Å². The Morgan fingerprint density at radius 2 is 1.70 bits per heavy atom. The van der Waals surface area contributed by atoms with Gasteiger partial charge in [-0.25, -0.2) is 0 Å². The first-order valence-electron chi connectivity index (χ1n) is 10.0. The van der Waals surface area contributed by atoms with Gasteiger partial charge in [-0.1, -0.05) is 48.5 Å². The van der Waals surface area contributed by atoms with Crippen molar-refractivity contribution in [2.45, 2.75) is 37.1 Å². The minimum Gasteiger partial charge on any atom is -0.381 e. The van der Waals surface area contributed by atoms with E-state index in [1.54, 1.807) is 0 Å². The van der Waals surface area contributed by atoms with Crippen molar-refractivity contribution >= 4 is 11.6 Å². The highest BCUT2D eigenvalue weighted by Crippen LogP contribution is 2.35. The fourth-order valence-electron chi connectivity index (χ4n) is 4.51. The Labute approximate surface area is 161 Å². The molecule has 0 aromatic heterocycles. The number of ether oxygens (including phenoxy) is 1. The summed E-state index contributed by atoms with van der Waals surface area (Å²) in [5.41, 5.74) is 1.89. The van der Waals surface area contributed by atoms with Crippen molar-refractivity contribution in [1.82, 2.24) is 5.32 Å². The lowest BCUT2D eigenvalue weighted by Crippen LogP contribution is -2.51. The number of para-hydroxylation sites is 1. The third-order valence-electron chi connectivity index (χ3n) is 6.07. The second-order valence-electron chi connectivity index (χ2n) is 7.60. The molecule has 0 bridgehead atoms. The third-order valence-corrected chi connectivity index (χ3v) is 6.07. The van der Waals surface area contributed by atoms with Gasteiger partial charge in [-0.05, 0) is 43.4 Å². The minimum atomic E-state index is -0.463. The largest absolute Gasteiger partial charge is 0.381 e. The van der Waals surface area contributed by atoms with Crippen LogP contribution in [0.4, 0.5) is 5.69 Å². The van der Waals surface area contributed by atoms with Crippen molar-refractivity contribution in [2.24, 2.45) is 0 Å². The molecule has 2 heterocycles. The van der Waals surface area contributed by atoms with E-state index in [1.165, 1.54) is 12.1 Å². The van der Waals surface area contributed by atoms with Gasteiger partial charge in [-0.15, -0.1) is 0 Å². The molecule has 2 saturated heterocycles. The zero-order valence-electron chi connectivity index (χ0n) is 15.8. The molecular weight excluding hydrogens is 336 g/mol. The highest BCUT2D eigenvalue weighted by Gasteiger charge is 2.41. The van der Waals surface area contributed by atoms with E-state index in [4.69, 9.17) is 4.74 Å². The summed E-state index contributed by atoms with van der Waals surface area (Å²) in [7, 11) is 0. The molecule has 1 atom stereocenters. The molecule has 2 aliphatic rings. The van der Waals surface area contributed by atoms with Crippen molar-refractivity contribution in [2.75, 3.05) is 31.2 Å². The maximum Gasteiger partial charge on any atom is 0.230 e. The number of nitrogens with zero attached hydrogens (tertiary/aromatic N) is 1. The summed E-state index contributed by atoms with van der Waals surface area (Å²) in [5.74, 6) is 0.150. The molecule has 2 fully saturated rings. The zero-order chi connectivity index (χ0) is 18.5. The van der Waals surface area contributed by atoms with Gasteiger partial charge >= 0.3 is 0 Å². The highest BCUT2D eigenvalue weighted by atomic mass is 16.5. The predicted molar refractivity (Wildman–Crippen MR) is 108 cm³/mol. The molecule has 2 aromatic rings. The molecule has 0 aliphatic carbocycles. The van der Waals surface area contributed by atoms with E-state index in [-0.39, 0.29) is 5.91 Å². The third kappa shape index (κ3) is 3.72. The number of benzene rings is 2. The van der Waals surface area contributed by atoms with Crippen LogP contribution >= 0.6 is 0 Å². The normalized spacial score (nSPS) is 21.8. The molecule has 2 aliphatic heterocycles. The summed E-state index contributed by atoms with van der Waals surface area (Å²) in [6.07, 6.45) is 3.79. The van der Waals surface area contributed by atoms with Gasteiger partial charge in [-0.3, -0.25) is 4.79 Å². The van der Waals surface area contributed by atoms with Gasteiger partial charge in [0.05, 0.1) is 5.41 Å². The van der Waals surface area contributed by atoms with Crippen LogP contribution in [-0.4, -0.2) is 38.3 Å². The first kappa shape index (κ1) is 18.1. The SMILES string of the molecule is O=C(NC[C@H]1CCCN1c1ccccc1)C1(c2ccccc2)CCOCC1. The Bertz CT molecular complexity index is 741. The molecular formula is C23H28N2O2. The number of carbonyl (C=O) groups excluding carboxylic acids is 1. The van der Waals surface area contributed by atoms with Crippen LogP contribution in [0.2, 0.25) is 0 Å². The van der Waals surface area contributed by atoms with Gasteiger partial charge in [0.15, 0.2) is 0 Å². The number of carbonyl (C=O) groups is 1. The Morgan fingerprint density at radius 3 is 2.41 bits per heavy atom. The molecule has 27 heavy (non-hydrogen) atoms. The molecule has 1 N–H and O–H groups in total. The van der Waals surface area contributed by atoms with Crippen molar-refractivity contribution < 1.29 is 9.53 Å². The molecule has 0 saturated carbocycles. The summed E-state index contributed by atoms with van der Waals surface area (Å²) >= 11 is 0. The predicted octanol–water partition coefficient (Wildman–Crippen LogP) is 3.52. The molecule has 0 radical (unpaired) electrons. The molecule has 2 aromatic carbocycles. The second kappa shape index (κ2) is 8.13. The number of nitrogens with one attached hydrogen (secondary N) is 1. The van der Waals surface area contributed by atoms with E-state index < -0.39 is 5.41 Å². The van der Waals surface area contributed by atoms with Gasteiger partial charge in [0, 0.05) is 38.0 Å². The first-order chi connectivity index (χ1) is 13.3. The van der Waals surface area contributed by atoms with Gasteiger partial charge in [0.25, 0.3) is 0 Å². The van der Waals surface area contributed by atoms with E-state index in [1.807, 2.05) is 24.3 Å². The Hall–Kier alpha value is -2.33. The Morgan fingerprint density at radius 1 is 1.04 bits per heavy atom. The van der Waals surface area contributed by atoms with E-state index >= 15 is 0 Å². The van der Waals surface area contributed by atoms with Gasteiger partial charge in [0.1, 0.15) is 0 Å². The van der Waals surface area contributed by atoms with Crippen molar-refractivity contribution in [3.05, 3.63) is 66.2 Å². The maximum atomic E-state index is 13.3. The lowest BCUT2D eigenvalue weighted by Gasteiger charge is -2.37. The molecule has 1 amide bonds. The van der Waals surface area contributed by atoms with E-state index in [0.717, 1.165) is 31.4 Å². The summed E-state index contributed by atoms with van der Waals surface area (Å²) in [6, 6.07) is 21.1. The summed E-state index contributed by atoms with van der Waals surface area (Å²) < 4.78 is 5.56. The second-order valence-corrected chi connectivity index (χ2v) is 7.60. The fourth-order valence-corrected chi connectivity index (χ4v) is 4.51. The van der Waals surface area contributed by atoms with Crippen LogP contribution in [0.15, 0.2) is 60.7 Å². The summed E-state index contributed by atoms with van der Waals surface area (Å²) in [5, 5.41) is 3.30. The number of rotatable bonds is 5. The molecule has 4 nitrogen and oxygen atoms in total. The van der Waals surface area contributed by atoms with Crippen molar-refractivity contribution in [3.8, 4) is 0 Å².